The zero-order valence-corrected chi connectivity index (χ0v) is 24.3. The average Bonchev–Trinajstić information content (AvgIpc) is 3.52. The highest BCUT2D eigenvalue weighted by Crippen LogP contribution is 2.58. The number of fused-ring (bicyclic) bond motifs is 3. The van der Waals surface area contributed by atoms with Gasteiger partial charge in [0.25, 0.3) is 5.89 Å². The minimum atomic E-state index is -2.61. The number of aromatic nitrogens is 4. The summed E-state index contributed by atoms with van der Waals surface area (Å²) in [7, 11) is 0. The molecule has 8 rings (SSSR count). The molecule has 224 valence electrons. The van der Waals surface area contributed by atoms with Crippen molar-refractivity contribution in [1.82, 2.24) is 20.3 Å². The first-order chi connectivity index (χ1) is 20.3. The lowest BCUT2D eigenvalue weighted by molar-refractivity contribution is -0.121. The van der Waals surface area contributed by atoms with Crippen molar-refractivity contribution in [3.63, 3.8) is 0 Å². The minimum Gasteiger partial charge on any atom is -0.339 e. The largest absolute Gasteiger partial charge is 0.339 e. The van der Waals surface area contributed by atoms with Gasteiger partial charge in [0.15, 0.2) is 11.6 Å². The van der Waals surface area contributed by atoms with E-state index in [1.807, 2.05) is 36.1 Å². The highest BCUT2D eigenvalue weighted by Gasteiger charge is 2.53. The van der Waals surface area contributed by atoms with Crippen molar-refractivity contribution in [2.45, 2.75) is 114 Å². The molecule has 2 bridgehead atoms. The van der Waals surface area contributed by atoms with Crippen molar-refractivity contribution in [3.8, 4) is 11.5 Å². The number of amides is 1. The van der Waals surface area contributed by atoms with Crippen LogP contribution in [0.5, 0.6) is 0 Å². The van der Waals surface area contributed by atoms with E-state index in [-0.39, 0.29) is 41.9 Å². The van der Waals surface area contributed by atoms with Gasteiger partial charge in [-0.2, -0.15) is 9.97 Å². The Kier molecular flexibility index (Phi) is 6.93. The summed E-state index contributed by atoms with van der Waals surface area (Å²) in [6.07, 6.45) is 9.61. The second-order valence-electron chi connectivity index (χ2n) is 13.4. The van der Waals surface area contributed by atoms with E-state index in [4.69, 9.17) is 14.0 Å². The van der Waals surface area contributed by atoms with E-state index in [1.54, 1.807) is 0 Å². The van der Waals surface area contributed by atoms with Crippen LogP contribution >= 0.6 is 0 Å². The van der Waals surface area contributed by atoms with E-state index in [2.05, 4.69) is 15.3 Å². The average molecular weight is 580 g/mol. The number of carbonyl (C=O) groups is 1. The first kappa shape index (κ1) is 27.7. The van der Waals surface area contributed by atoms with E-state index in [0.717, 1.165) is 74.3 Å². The van der Waals surface area contributed by atoms with Crippen LogP contribution in [0.2, 0.25) is 0 Å². The lowest BCUT2D eigenvalue weighted by atomic mass is 9.53. The van der Waals surface area contributed by atoms with Crippen molar-refractivity contribution in [1.29, 1.82) is 0 Å². The van der Waals surface area contributed by atoms with Crippen LogP contribution in [0.4, 0.5) is 14.5 Å². The quantitative estimate of drug-likeness (QED) is 0.260. The first-order valence-corrected chi connectivity index (χ1v) is 15.7. The molecule has 0 saturated heterocycles. The molecular weight excluding hydrogens is 540 g/mol. The van der Waals surface area contributed by atoms with Crippen molar-refractivity contribution >= 4 is 11.6 Å². The Labute approximate surface area is 244 Å². The summed E-state index contributed by atoms with van der Waals surface area (Å²) in [6.45, 7) is 2.58. The van der Waals surface area contributed by atoms with Crippen LogP contribution in [0.25, 0.3) is 11.5 Å². The number of nitrogens with zero attached hydrogens (tertiary/aromatic N) is 5. The van der Waals surface area contributed by atoms with Gasteiger partial charge in [0.1, 0.15) is 0 Å². The Morgan fingerprint density at radius 2 is 1.69 bits per heavy atom. The van der Waals surface area contributed by atoms with Gasteiger partial charge in [-0.15, -0.1) is 0 Å². The van der Waals surface area contributed by atoms with E-state index in [9.17, 15) is 13.6 Å². The third-order valence-corrected chi connectivity index (χ3v) is 10.5. The van der Waals surface area contributed by atoms with Gasteiger partial charge in [-0.25, -0.2) is 8.78 Å². The van der Waals surface area contributed by atoms with Crippen LogP contribution in [-0.2, 0) is 16.6 Å². The standard InChI is InChI=1S/C32H39F2N5O3/c1-2-25-35-28(41-37-25)23-4-3-5-24(19-23)39(26(40)18-21-8-10-32(33,34)11-9-21)20-30-12-15-31(16-13-30,17-14-30)29-36-27(38-42-29)22-6-7-22/h3-5,19,21-22H,2,6-18,20H2,1H3. The molecule has 5 aliphatic carbocycles. The summed E-state index contributed by atoms with van der Waals surface area (Å²) >= 11 is 0. The summed E-state index contributed by atoms with van der Waals surface area (Å²) in [5, 5.41) is 8.33. The van der Waals surface area contributed by atoms with Crippen LogP contribution < -0.4 is 4.90 Å². The normalized spacial score (nSPS) is 27.3. The third kappa shape index (κ3) is 5.37. The molecule has 8 nitrogen and oxygen atoms in total. The number of alkyl halides is 2. The topological polar surface area (TPSA) is 98.1 Å². The summed E-state index contributed by atoms with van der Waals surface area (Å²) in [5.74, 6) is 0.578. The molecule has 5 saturated carbocycles. The number of rotatable bonds is 9. The maximum atomic E-state index is 14.0. The smallest absolute Gasteiger partial charge is 0.257 e. The first-order valence-electron chi connectivity index (χ1n) is 15.7. The van der Waals surface area contributed by atoms with Crippen LogP contribution in [0, 0.1) is 11.3 Å². The predicted octanol–water partition coefficient (Wildman–Crippen LogP) is 7.40. The van der Waals surface area contributed by atoms with Crippen LogP contribution in [0.15, 0.2) is 33.3 Å². The van der Waals surface area contributed by atoms with E-state index in [0.29, 0.717) is 43.4 Å². The van der Waals surface area contributed by atoms with Crippen molar-refractivity contribution in [3.05, 3.63) is 41.8 Å². The fourth-order valence-electron chi connectivity index (χ4n) is 7.42. The minimum absolute atomic E-state index is 0.00454. The molecule has 0 spiro atoms. The molecule has 0 unspecified atom stereocenters. The molecule has 1 aromatic carbocycles. The highest BCUT2D eigenvalue weighted by molar-refractivity contribution is 5.94. The summed E-state index contributed by atoms with van der Waals surface area (Å²) in [4.78, 5) is 25.3. The van der Waals surface area contributed by atoms with Gasteiger partial charge >= 0.3 is 0 Å². The van der Waals surface area contributed by atoms with E-state index in [1.165, 1.54) is 0 Å². The van der Waals surface area contributed by atoms with Crippen LogP contribution in [0.1, 0.15) is 114 Å². The molecule has 5 aliphatic rings. The zero-order valence-electron chi connectivity index (χ0n) is 24.3. The van der Waals surface area contributed by atoms with Crippen molar-refractivity contribution in [2.24, 2.45) is 11.3 Å². The monoisotopic (exact) mass is 579 g/mol. The molecule has 2 heterocycles. The van der Waals surface area contributed by atoms with Crippen LogP contribution in [0.3, 0.4) is 0 Å². The molecule has 0 N–H and O–H groups in total. The molecule has 42 heavy (non-hydrogen) atoms. The lowest BCUT2D eigenvalue weighted by Crippen LogP contribution is -2.51. The number of aryl methyl sites for hydroxylation is 1. The molecule has 0 aliphatic heterocycles. The molecule has 0 atom stereocenters. The Balaban J connectivity index is 1.12. The van der Waals surface area contributed by atoms with E-state index >= 15 is 0 Å². The predicted molar refractivity (Wildman–Crippen MR) is 151 cm³/mol. The number of carbonyl (C=O) groups excluding carboxylic acids is 1. The summed E-state index contributed by atoms with van der Waals surface area (Å²) < 4.78 is 39.0. The highest BCUT2D eigenvalue weighted by atomic mass is 19.3. The molecule has 10 heteroatoms. The number of halogens is 2. The number of hydrogen-bond acceptors (Lipinski definition) is 7. The lowest BCUT2D eigenvalue weighted by Gasteiger charge is -2.53. The maximum absolute atomic E-state index is 14.0. The Bertz CT molecular complexity index is 1410. The van der Waals surface area contributed by atoms with E-state index < -0.39 is 5.92 Å². The second kappa shape index (κ2) is 10.5. The van der Waals surface area contributed by atoms with Gasteiger partial charge in [-0.3, -0.25) is 4.79 Å². The molecule has 2 aromatic heterocycles. The fraction of sp³-hybridized carbons (Fsp3) is 0.656. The number of hydrogen-bond donors (Lipinski definition) is 0. The van der Waals surface area contributed by atoms with Crippen molar-refractivity contribution < 1.29 is 22.6 Å². The van der Waals surface area contributed by atoms with Crippen molar-refractivity contribution in [2.75, 3.05) is 11.4 Å². The van der Waals surface area contributed by atoms with Gasteiger partial charge < -0.3 is 13.9 Å². The van der Waals surface area contributed by atoms with Gasteiger partial charge in [0.2, 0.25) is 17.7 Å². The number of benzene rings is 1. The Hall–Kier alpha value is -3.17. The summed E-state index contributed by atoms with van der Waals surface area (Å²) in [5.41, 5.74) is 1.49. The number of anilines is 1. The SMILES string of the molecule is CCc1noc(-c2cccc(N(CC34CCC(c5nc(C6CC6)no5)(CC3)CC4)C(=O)CC3CCC(F)(F)CC3)c2)n1. The van der Waals surface area contributed by atoms with Gasteiger partial charge in [-0.05, 0) is 93.7 Å². The molecule has 3 aromatic rings. The maximum Gasteiger partial charge on any atom is 0.257 e. The van der Waals surface area contributed by atoms with Gasteiger partial charge in [0, 0.05) is 54.8 Å². The Morgan fingerprint density at radius 3 is 2.36 bits per heavy atom. The molecule has 0 radical (unpaired) electrons. The summed E-state index contributed by atoms with van der Waals surface area (Å²) in [6, 6.07) is 7.73. The molecule has 1 amide bonds. The second-order valence-corrected chi connectivity index (χ2v) is 13.4. The third-order valence-electron chi connectivity index (χ3n) is 10.5. The van der Waals surface area contributed by atoms with Gasteiger partial charge in [-0.1, -0.05) is 23.3 Å². The zero-order chi connectivity index (χ0) is 29.0. The van der Waals surface area contributed by atoms with Crippen LogP contribution in [-0.4, -0.2) is 38.7 Å². The molecule has 5 fully saturated rings. The fourth-order valence-corrected chi connectivity index (χ4v) is 7.42. The molecular formula is C32H39F2N5O3. The van der Waals surface area contributed by atoms with Gasteiger partial charge in [0.05, 0.1) is 0 Å². The Morgan fingerprint density at radius 1 is 0.952 bits per heavy atom.